The number of nitrogens with two attached hydrogens (primary N) is 1. The Morgan fingerprint density at radius 1 is 1.04 bits per heavy atom. The smallest absolute Gasteiger partial charge is 0.194 e. The second-order valence-electron chi connectivity index (χ2n) is 5.86. The highest BCUT2D eigenvalue weighted by atomic mass is 32.1. The molecule has 126 valence electrons. The van der Waals surface area contributed by atoms with E-state index in [1.807, 2.05) is 43.3 Å². The van der Waals surface area contributed by atoms with E-state index < -0.39 is 0 Å². The third-order valence-electron chi connectivity index (χ3n) is 4.14. The Morgan fingerprint density at radius 2 is 1.72 bits per heavy atom. The number of rotatable bonds is 4. The van der Waals surface area contributed by atoms with Gasteiger partial charge in [0, 0.05) is 22.3 Å². The van der Waals surface area contributed by atoms with Crippen molar-refractivity contribution in [2.24, 2.45) is 0 Å². The van der Waals surface area contributed by atoms with Crippen molar-refractivity contribution in [2.75, 3.05) is 12.3 Å². The van der Waals surface area contributed by atoms with Crippen molar-refractivity contribution in [3.63, 3.8) is 0 Å². The molecule has 0 aliphatic carbocycles. The van der Waals surface area contributed by atoms with E-state index in [0.29, 0.717) is 6.61 Å². The van der Waals surface area contributed by atoms with E-state index in [2.05, 4.69) is 29.7 Å². The number of hydrogen-bond donors (Lipinski definition) is 1. The van der Waals surface area contributed by atoms with Crippen LogP contribution in [0.5, 0.6) is 5.75 Å². The monoisotopic (exact) mass is 349 g/mol. The predicted molar refractivity (Wildman–Crippen MR) is 104 cm³/mol. The van der Waals surface area contributed by atoms with Crippen LogP contribution in [-0.2, 0) is 0 Å². The Bertz CT molecular complexity index is 1010. The molecule has 0 aliphatic rings. The molecule has 0 atom stereocenters. The Balaban J connectivity index is 1.78. The molecule has 2 N–H and O–H groups in total. The SMILES string of the molecule is CCOc1ccc(-c2c(C)sc3nc(-c4ccc(N)cc4)cn23)cc1. The summed E-state index contributed by atoms with van der Waals surface area (Å²) in [6, 6.07) is 16.0. The van der Waals surface area contributed by atoms with Gasteiger partial charge in [-0.3, -0.25) is 4.40 Å². The minimum absolute atomic E-state index is 0.674. The maximum atomic E-state index is 5.78. The molecule has 0 fully saturated rings. The lowest BCUT2D eigenvalue weighted by atomic mass is 10.1. The molecule has 0 radical (unpaired) electrons. The molecule has 0 unspecified atom stereocenters. The fourth-order valence-electron chi connectivity index (χ4n) is 2.96. The number of anilines is 1. The van der Waals surface area contributed by atoms with Crippen LogP contribution in [0.3, 0.4) is 0 Å². The molecule has 25 heavy (non-hydrogen) atoms. The average molecular weight is 349 g/mol. The van der Waals surface area contributed by atoms with Crippen molar-refractivity contribution in [1.82, 2.24) is 9.38 Å². The van der Waals surface area contributed by atoms with Gasteiger partial charge in [0.25, 0.3) is 0 Å². The number of thiazole rings is 1. The van der Waals surface area contributed by atoms with E-state index >= 15 is 0 Å². The summed E-state index contributed by atoms with van der Waals surface area (Å²) < 4.78 is 7.71. The Kier molecular flexibility index (Phi) is 3.93. The van der Waals surface area contributed by atoms with Crippen molar-refractivity contribution in [3.8, 4) is 28.3 Å². The average Bonchev–Trinajstić information content (AvgIpc) is 3.13. The summed E-state index contributed by atoms with van der Waals surface area (Å²) in [6.07, 6.45) is 2.09. The second kappa shape index (κ2) is 6.26. The number of imidazole rings is 1. The van der Waals surface area contributed by atoms with Crippen LogP contribution in [0.1, 0.15) is 11.8 Å². The summed E-state index contributed by atoms with van der Waals surface area (Å²) in [5.41, 5.74) is 10.9. The maximum absolute atomic E-state index is 5.78. The Labute approximate surface area is 150 Å². The molecular formula is C20H19N3OS. The topological polar surface area (TPSA) is 52.5 Å². The minimum atomic E-state index is 0.674. The van der Waals surface area contributed by atoms with Gasteiger partial charge in [-0.1, -0.05) is 12.1 Å². The molecule has 0 saturated heterocycles. The molecule has 5 heteroatoms. The van der Waals surface area contributed by atoms with Gasteiger partial charge in [-0.2, -0.15) is 0 Å². The molecule has 4 rings (SSSR count). The molecule has 2 heterocycles. The number of ether oxygens (including phenoxy) is 1. The Morgan fingerprint density at radius 3 is 2.40 bits per heavy atom. The normalized spacial score (nSPS) is 11.1. The molecule has 2 aromatic heterocycles. The Hall–Kier alpha value is -2.79. The van der Waals surface area contributed by atoms with E-state index in [1.54, 1.807) is 11.3 Å². The van der Waals surface area contributed by atoms with Gasteiger partial charge in [-0.25, -0.2) is 4.98 Å². The molecule has 0 spiro atoms. The van der Waals surface area contributed by atoms with Crippen LogP contribution in [-0.4, -0.2) is 16.0 Å². The van der Waals surface area contributed by atoms with Gasteiger partial charge in [0.15, 0.2) is 4.96 Å². The molecule has 4 nitrogen and oxygen atoms in total. The summed E-state index contributed by atoms with van der Waals surface area (Å²) in [5, 5.41) is 0. The van der Waals surface area contributed by atoms with Gasteiger partial charge in [0.1, 0.15) is 5.75 Å². The molecular weight excluding hydrogens is 330 g/mol. The van der Waals surface area contributed by atoms with Crippen molar-refractivity contribution in [3.05, 3.63) is 59.6 Å². The first-order valence-corrected chi connectivity index (χ1v) is 9.05. The van der Waals surface area contributed by atoms with Crippen LogP contribution in [0.15, 0.2) is 54.7 Å². The van der Waals surface area contributed by atoms with Crippen LogP contribution < -0.4 is 10.5 Å². The van der Waals surface area contributed by atoms with Crippen LogP contribution in [0.4, 0.5) is 5.69 Å². The fourth-order valence-corrected chi connectivity index (χ4v) is 3.93. The lowest BCUT2D eigenvalue weighted by Crippen LogP contribution is -1.91. The summed E-state index contributed by atoms with van der Waals surface area (Å²) in [7, 11) is 0. The number of nitrogens with zero attached hydrogens (tertiary/aromatic N) is 2. The zero-order valence-corrected chi connectivity index (χ0v) is 15.0. The highest BCUT2D eigenvalue weighted by Crippen LogP contribution is 2.34. The first kappa shape index (κ1) is 15.7. The molecule has 0 bridgehead atoms. The highest BCUT2D eigenvalue weighted by Gasteiger charge is 2.14. The number of nitrogen functional groups attached to an aromatic ring is 1. The van der Waals surface area contributed by atoms with Crippen LogP contribution in [0.25, 0.3) is 27.5 Å². The van der Waals surface area contributed by atoms with Gasteiger partial charge in [0.2, 0.25) is 0 Å². The van der Waals surface area contributed by atoms with Crippen molar-refractivity contribution < 1.29 is 4.74 Å². The van der Waals surface area contributed by atoms with Gasteiger partial charge in [-0.05, 0) is 55.8 Å². The zero-order valence-electron chi connectivity index (χ0n) is 14.2. The zero-order chi connectivity index (χ0) is 17.4. The molecule has 2 aromatic carbocycles. The summed E-state index contributed by atoms with van der Waals surface area (Å²) in [4.78, 5) is 7.02. The van der Waals surface area contributed by atoms with Crippen molar-refractivity contribution >= 4 is 22.0 Å². The molecule has 4 aromatic rings. The number of hydrogen-bond acceptors (Lipinski definition) is 4. The van der Waals surface area contributed by atoms with Gasteiger partial charge in [0.05, 0.1) is 18.0 Å². The minimum Gasteiger partial charge on any atom is -0.494 e. The summed E-state index contributed by atoms with van der Waals surface area (Å²) in [6.45, 7) is 4.80. The van der Waals surface area contributed by atoms with E-state index in [-0.39, 0.29) is 0 Å². The quantitative estimate of drug-likeness (QED) is 0.526. The van der Waals surface area contributed by atoms with E-state index in [4.69, 9.17) is 15.5 Å². The number of benzene rings is 2. The number of aromatic nitrogens is 2. The van der Waals surface area contributed by atoms with Crippen molar-refractivity contribution in [1.29, 1.82) is 0 Å². The summed E-state index contributed by atoms with van der Waals surface area (Å²) in [5.74, 6) is 0.892. The third-order valence-corrected chi connectivity index (χ3v) is 5.11. The van der Waals surface area contributed by atoms with E-state index in [9.17, 15) is 0 Å². The second-order valence-corrected chi connectivity index (χ2v) is 7.05. The highest BCUT2D eigenvalue weighted by molar-refractivity contribution is 7.17. The lowest BCUT2D eigenvalue weighted by Gasteiger charge is -2.05. The largest absolute Gasteiger partial charge is 0.494 e. The fraction of sp³-hybridized carbons (Fsp3) is 0.150. The van der Waals surface area contributed by atoms with Crippen LogP contribution in [0.2, 0.25) is 0 Å². The van der Waals surface area contributed by atoms with Gasteiger partial charge in [-0.15, -0.1) is 11.3 Å². The standard InChI is InChI=1S/C20H19N3OS/c1-3-24-17-10-6-15(7-11-17)19-13(2)25-20-22-18(12-23(19)20)14-4-8-16(21)9-5-14/h4-12H,3,21H2,1-2H3. The number of fused-ring (bicyclic) bond motifs is 1. The molecule has 0 saturated carbocycles. The van der Waals surface area contributed by atoms with Crippen LogP contribution >= 0.6 is 11.3 Å². The van der Waals surface area contributed by atoms with Crippen LogP contribution in [0, 0.1) is 6.92 Å². The predicted octanol–water partition coefficient (Wildman–Crippen LogP) is 5.02. The van der Waals surface area contributed by atoms with Gasteiger partial charge >= 0.3 is 0 Å². The van der Waals surface area contributed by atoms with E-state index in [1.165, 1.54) is 10.6 Å². The van der Waals surface area contributed by atoms with Crippen molar-refractivity contribution in [2.45, 2.75) is 13.8 Å². The van der Waals surface area contributed by atoms with Gasteiger partial charge < -0.3 is 10.5 Å². The maximum Gasteiger partial charge on any atom is 0.194 e. The number of aryl methyl sites for hydroxylation is 1. The first-order valence-electron chi connectivity index (χ1n) is 8.23. The lowest BCUT2D eigenvalue weighted by molar-refractivity contribution is 0.340. The summed E-state index contributed by atoms with van der Waals surface area (Å²) >= 11 is 1.70. The molecule has 0 amide bonds. The van der Waals surface area contributed by atoms with E-state index in [0.717, 1.165) is 33.2 Å². The first-order chi connectivity index (χ1) is 12.2. The third kappa shape index (κ3) is 2.87. The molecule has 0 aliphatic heterocycles.